The summed E-state index contributed by atoms with van der Waals surface area (Å²) in [5.74, 6) is -1.67. The molecule has 0 aliphatic carbocycles. The number of benzene rings is 1. The molecule has 0 radical (unpaired) electrons. The number of rotatable bonds is 5. The summed E-state index contributed by atoms with van der Waals surface area (Å²) < 4.78 is 18.1. The maximum atomic E-state index is 13.7. The predicted molar refractivity (Wildman–Crippen MR) is 71.8 cm³/mol. The largest absolute Gasteiger partial charge is 0.465 e. The lowest BCUT2D eigenvalue weighted by molar-refractivity contribution is -0.109. The molecule has 0 aliphatic heterocycles. The Morgan fingerprint density at radius 1 is 1.40 bits per heavy atom. The van der Waals surface area contributed by atoms with E-state index in [1.807, 2.05) is 0 Å². The van der Waals surface area contributed by atoms with E-state index < -0.39 is 24.0 Å². The number of hydrogen-bond acceptors (Lipinski definition) is 6. The van der Waals surface area contributed by atoms with Crippen LogP contribution in [0.15, 0.2) is 18.2 Å². The first kappa shape index (κ1) is 16.6. The van der Waals surface area contributed by atoms with E-state index in [0.29, 0.717) is 0 Å². The van der Waals surface area contributed by atoms with Gasteiger partial charge in [-0.1, -0.05) is 17.8 Å². The third kappa shape index (κ3) is 4.29. The summed E-state index contributed by atoms with van der Waals surface area (Å²) in [6.45, 7) is 1.34. The molecule has 0 heterocycles. The van der Waals surface area contributed by atoms with E-state index in [1.165, 1.54) is 19.1 Å². The minimum atomic E-state index is -1.34. The second-order valence-electron chi connectivity index (χ2n) is 4.05. The van der Waals surface area contributed by atoms with Crippen molar-refractivity contribution in [2.75, 3.05) is 12.9 Å². The van der Waals surface area contributed by atoms with Crippen LogP contribution in [0.25, 0.3) is 0 Å². The van der Waals surface area contributed by atoms with E-state index in [2.05, 4.69) is 4.74 Å². The van der Waals surface area contributed by atoms with Crippen LogP contribution in [-0.4, -0.2) is 40.3 Å². The number of esters is 1. The van der Waals surface area contributed by atoms with Gasteiger partial charge in [-0.25, -0.2) is 9.18 Å². The Balaban J connectivity index is 2.84. The molecule has 0 aliphatic rings. The van der Waals surface area contributed by atoms with Crippen LogP contribution in [0.3, 0.4) is 0 Å². The number of halogens is 1. The van der Waals surface area contributed by atoms with Gasteiger partial charge in [0.05, 0.1) is 18.8 Å². The van der Waals surface area contributed by atoms with Crippen LogP contribution < -0.4 is 0 Å². The fourth-order valence-corrected chi connectivity index (χ4v) is 2.09. The van der Waals surface area contributed by atoms with E-state index in [1.54, 1.807) is 0 Å². The molecule has 0 fully saturated rings. The van der Waals surface area contributed by atoms with Crippen molar-refractivity contribution in [3.05, 3.63) is 35.1 Å². The third-order valence-corrected chi connectivity index (χ3v) is 3.48. The molecule has 0 spiro atoms. The highest BCUT2D eigenvalue weighted by Crippen LogP contribution is 2.22. The first-order valence-corrected chi connectivity index (χ1v) is 6.72. The van der Waals surface area contributed by atoms with Crippen LogP contribution in [0.4, 0.5) is 4.39 Å². The van der Waals surface area contributed by atoms with Crippen molar-refractivity contribution in [2.45, 2.75) is 19.1 Å². The van der Waals surface area contributed by atoms with Crippen molar-refractivity contribution in [3.63, 3.8) is 0 Å². The summed E-state index contributed by atoms with van der Waals surface area (Å²) in [5.41, 5.74) is -0.136. The smallest absolute Gasteiger partial charge is 0.340 e. The van der Waals surface area contributed by atoms with Gasteiger partial charge in [0.15, 0.2) is 5.12 Å². The number of ether oxygens (including phenoxy) is 1. The molecule has 7 heteroatoms. The number of carbonyl (C=O) groups excluding carboxylic acids is 2. The molecule has 1 aromatic carbocycles. The molecule has 1 rings (SSSR count). The Hall–Kier alpha value is -1.44. The monoisotopic (exact) mass is 302 g/mol. The van der Waals surface area contributed by atoms with Gasteiger partial charge >= 0.3 is 5.97 Å². The molecule has 2 atom stereocenters. The van der Waals surface area contributed by atoms with Gasteiger partial charge in [0.2, 0.25) is 0 Å². The minimum absolute atomic E-state index is 0.00310. The lowest BCUT2D eigenvalue weighted by atomic mass is 10.0. The lowest BCUT2D eigenvalue weighted by Gasteiger charge is -2.17. The first-order valence-electron chi connectivity index (χ1n) is 5.74. The molecule has 0 saturated carbocycles. The lowest BCUT2D eigenvalue weighted by Crippen LogP contribution is -2.21. The molecule has 0 amide bonds. The molecule has 110 valence electrons. The Morgan fingerprint density at radius 2 is 2.05 bits per heavy atom. The highest BCUT2D eigenvalue weighted by Gasteiger charge is 2.21. The summed E-state index contributed by atoms with van der Waals surface area (Å²) in [5, 5.41) is 19.4. The zero-order valence-electron chi connectivity index (χ0n) is 11.0. The van der Waals surface area contributed by atoms with Crippen molar-refractivity contribution in [1.29, 1.82) is 0 Å². The molecular formula is C13H15FO5S. The van der Waals surface area contributed by atoms with Gasteiger partial charge in [-0.3, -0.25) is 4.79 Å². The summed E-state index contributed by atoms with van der Waals surface area (Å²) in [7, 11) is 1.13. The maximum absolute atomic E-state index is 13.7. The topological polar surface area (TPSA) is 83.8 Å². The highest BCUT2D eigenvalue weighted by atomic mass is 32.2. The molecule has 20 heavy (non-hydrogen) atoms. The molecule has 0 bridgehead atoms. The van der Waals surface area contributed by atoms with E-state index in [-0.39, 0.29) is 22.0 Å². The standard InChI is InChI=1S/C13H15FO5S/c1-7(15)20-6-11(16)12(17)8-3-4-9(10(14)5-8)13(18)19-2/h3-5,11-12,16-17H,6H2,1-2H3. The zero-order chi connectivity index (χ0) is 15.3. The van der Waals surface area contributed by atoms with Crippen LogP contribution in [0.2, 0.25) is 0 Å². The second kappa shape index (κ2) is 7.37. The fourth-order valence-electron chi connectivity index (χ4n) is 1.51. The van der Waals surface area contributed by atoms with Crippen molar-refractivity contribution in [2.24, 2.45) is 0 Å². The number of hydrogen-bond donors (Lipinski definition) is 2. The van der Waals surface area contributed by atoms with E-state index in [9.17, 15) is 24.2 Å². The summed E-state index contributed by atoms with van der Waals surface area (Å²) >= 11 is 0.861. The van der Waals surface area contributed by atoms with Crippen LogP contribution in [0, 0.1) is 5.82 Å². The molecule has 0 aromatic heterocycles. The Bertz CT molecular complexity index is 506. The van der Waals surface area contributed by atoms with Gasteiger partial charge in [0.1, 0.15) is 11.9 Å². The molecule has 5 nitrogen and oxygen atoms in total. The van der Waals surface area contributed by atoms with Gasteiger partial charge in [-0.2, -0.15) is 0 Å². The number of thioether (sulfide) groups is 1. The van der Waals surface area contributed by atoms with E-state index >= 15 is 0 Å². The summed E-state index contributed by atoms with van der Waals surface area (Å²) in [6.07, 6.45) is -2.56. The minimum Gasteiger partial charge on any atom is -0.465 e. The van der Waals surface area contributed by atoms with E-state index in [4.69, 9.17) is 0 Å². The summed E-state index contributed by atoms with van der Waals surface area (Å²) in [6, 6.07) is 3.45. The van der Waals surface area contributed by atoms with Gasteiger partial charge in [0, 0.05) is 12.7 Å². The highest BCUT2D eigenvalue weighted by molar-refractivity contribution is 8.13. The molecule has 2 unspecified atom stereocenters. The van der Waals surface area contributed by atoms with Crippen molar-refractivity contribution < 1.29 is 28.9 Å². The van der Waals surface area contributed by atoms with Crippen LogP contribution in [-0.2, 0) is 9.53 Å². The normalized spacial score (nSPS) is 13.7. The van der Waals surface area contributed by atoms with Crippen LogP contribution in [0.1, 0.15) is 28.9 Å². The second-order valence-corrected chi connectivity index (χ2v) is 5.24. The third-order valence-electron chi connectivity index (χ3n) is 2.56. The Kier molecular flexibility index (Phi) is 6.12. The number of carbonyl (C=O) groups is 2. The molecule has 1 aromatic rings. The SMILES string of the molecule is COC(=O)c1ccc(C(O)C(O)CSC(C)=O)cc1F. The van der Waals surface area contributed by atoms with Crippen molar-refractivity contribution >= 4 is 22.8 Å². The number of aliphatic hydroxyl groups excluding tert-OH is 2. The number of aliphatic hydroxyl groups is 2. The average molecular weight is 302 g/mol. The van der Waals surface area contributed by atoms with E-state index in [0.717, 1.165) is 24.9 Å². The fraction of sp³-hybridized carbons (Fsp3) is 0.385. The molecule has 0 saturated heterocycles. The van der Waals surface area contributed by atoms with Crippen molar-refractivity contribution in [3.8, 4) is 0 Å². The Labute approximate surface area is 119 Å². The Morgan fingerprint density at radius 3 is 2.55 bits per heavy atom. The number of methoxy groups -OCH3 is 1. The summed E-state index contributed by atoms with van der Waals surface area (Å²) in [4.78, 5) is 22.0. The van der Waals surface area contributed by atoms with Crippen LogP contribution >= 0.6 is 11.8 Å². The van der Waals surface area contributed by atoms with Crippen LogP contribution in [0.5, 0.6) is 0 Å². The predicted octanol–water partition coefficient (Wildman–Crippen LogP) is 1.29. The van der Waals surface area contributed by atoms with Gasteiger partial charge < -0.3 is 14.9 Å². The maximum Gasteiger partial charge on any atom is 0.340 e. The molecular weight excluding hydrogens is 287 g/mol. The zero-order valence-corrected chi connectivity index (χ0v) is 11.8. The van der Waals surface area contributed by atoms with Crippen molar-refractivity contribution in [1.82, 2.24) is 0 Å². The van der Waals surface area contributed by atoms with Gasteiger partial charge in [-0.05, 0) is 17.7 Å². The van der Waals surface area contributed by atoms with Gasteiger partial charge in [-0.15, -0.1) is 0 Å². The quantitative estimate of drug-likeness (QED) is 0.797. The molecule has 2 N–H and O–H groups in total. The van der Waals surface area contributed by atoms with Gasteiger partial charge in [0.25, 0.3) is 0 Å². The average Bonchev–Trinajstić information content (AvgIpc) is 2.42. The first-order chi connectivity index (χ1) is 9.36.